The van der Waals surface area contributed by atoms with Crippen LogP contribution in [0.5, 0.6) is 11.5 Å². The van der Waals surface area contributed by atoms with Crippen molar-refractivity contribution >= 4 is 22.4 Å². The predicted octanol–water partition coefficient (Wildman–Crippen LogP) is 1.05. The standard InChI is InChI=1S/C14H11N5O4S/c1-23-10-5-3-2-4-8(10)19-11(21)6-9(20)12(18-19)13(22)16-14-17-15-7-24-14/h2-7,20H,1H3,(H,16,17,22). The number of para-hydroxylation sites is 2. The zero-order chi connectivity index (χ0) is 17.1. The van der Waals surface area contributed by atoms with Crippen molar-refractivity contribution < 1.29 is 14.6 Å². The molecule has 9 nitrogen and oxygen atoms in total. The van der Waals surface area contributed by atoms with Crippen LogP contribution in [0.4, 0.5) is 5.13 Å². The van der Waals surface area contributed by atoms with Gasteiger partial charge in [0.15, 0.2) is 11.4 Å². The minimum atomic E-state index is -0.715. The van der Waals surface area contributed by atoms with E-state index in [1.54, 1.807) is 24.3 Å². The number of carbonyl (C=O) groups is 1. The van der Waals surface area contributed by atoms with E-state index < -0.39 is 17.2 Å². The zero-order valence-electron chi connectivity index (χ0n) is 12.3. The summed E-state index contributed by atoms with van der Waals surface area (Å²) in [7, 11) is 1.45. The maximum Gasteiger partial charge on any atom is 0.281 e. The van der Waals surface area contributed by atoms with E-state index in [2.05, 4.69) is 20.6 Å². The molecule has 0 saturated carbocycles. The van der Waals surface area contributed by atoms with E-state index in [1.807, 2.05) is 0 Å². The van der Waals surface area contributed by atoms with Crippen LogP contribution in [0.25, 0.3) is 5.69 Å². The monoisotopic (exact) mass is 345 g/mol. The second kappa shape index (κ2) is 6.46. The summed E-state index contributed by atoms with van der Waals surface area (Å²) in [6, 6.07) is 7.60. The van der Waals surface area contributed by atoms with Crippen LogP contribution in [-0.2, 0) is 0 Å². The first-order chi connectivity index (χ1) is 11.6. The van der Waals surface area contributed by atoms with Crippen LogP contribution in [0.1, 0.15) is 10.5 Å². The number of anilines is 1. The molecular formula is C14H11N5O4S. The number of benzene rings is 1. The predicted molar refractivity (Wildman–Crippen MR) is 85.9 cm³/mol. The summed E-state index contributed by atoms with van der Waals surface area (Å²) in [5.41, 5.74) is 0.855. The average Bonchev–Trinajstić information content (AvgIpc) is 3.08. The lowest BCUT2D eigenvalue weighted by Crippen LogP contribution is -2.25. The van der Waals surface area contributed by atoms with Gasteiger partial charge in [0.1, 0.15) is 16.9 Å². The Hall–Kier alpha value is -3.27. The van der Waals surface area contributed by atoms with Gasteiger partial charge in [0.2, 0.25) is 5.13 Å². The third-order valence-electron chi connectivity index (χ3n) is 3.02. The Kier molecular flexibility index (Phi) is 4.20. The Balaban J connectivity index is 2.06. The highest BCUT2D eigenvalue weighted by atomic mass is 32.1. The van der Waals surface area contributed by atoms with Crippen LogP contribution < -0.4 is 15.6 Å². The summed E-state index contributed by atoms with van der Waals surface area (Å²) in [5, 5.41) is 23.8. The molecule has 0 aliphatic heterocycles. The van der Waals surface area contributed by atoms with Gasteiger partial charge in [-0.15, -0.1) is 10.2 Å². The van der Waals surface area contributed by atoms with E-state index in [0.29, 0.717) is 11.4 Å². The number of aromatic hydroxyl groups is 1. The molecular weight excluding hydrogens is 334 g/mol. The fourth-order valence-corrected chi connectivity index (χ4v) is 2.41. The first-order valence-electron chi connectivity index (χ1n) is 6.64. The topological polar surface area (TPSA) is 119 Å². The van der Waals surface area contributed by atoms with Crippen LogP contribution in [0.2, 0.25) is 0 Å². The number of nitrogens with one attached hydrogen (secondary N) is 1. The average molecular weight is 345 g/mol. The van der Waals surface area contributed by atoms with Gasteiger partial charge < -0.3 is 9.84 Å². The molecule has 3 rings (SSSR count). The van der Waals surface area contributed by atoms with Crippen LogP contribution in [0.3, 0.4) is 0 Å². The lowest BCUT2D eigenvalue weighted by atomic mass is 10.3. The summed E-state index contributed by atoms with van der Waals surface area (Å²) in [6.07, 6.45) is 0. The first-order valence-corrected chi connectivity index (χ1v) is 7.52. The van der Waals surface area contributed by atoms with E-state index in [0.717, 1.165) is 22.1 Å². The van der Waals surface area contributed by atoms with Gasteiger partial charge in [-0.1, -0.05) is 23.5 Å². The fourth-order valence-electron chi connectivity index (χ4n) is 1.97. The van der Waals surface area contributed by atoms with Gasteiger partial charge in [0, 0.05) is 6.07 Å². The molecule has 0 aliphatic carbocycles. The summed E-state index contributed by atoms with van der Waals surface area (Å²) >= 11 is 1.11. The number of carbonyl (C=O) groups excluding carboxylic acids is 1. The maximum atomic E-state index is 12.2. The molecule has 0 spiro atoms. The number of hydrogen-bond acceptors (Lipinski definition) is 8. The maximum absolute atomic E-state index is 12.2. The summed E-state index contributed by atoms with van der Waals surface area (Å²) < 4.78 is 6.17. The molecule has 2 heterocycles. The van der Waals surface area contributed by atoms with Crippen molar-refractivity contribution in [2.45, 2.75) is 0 Å². The van der Waals surface area contributed by atoms with Crippen LogP contribution in [0.15, 0.2) is 40.6 Å². The number of methoxy groups -OCH3 is 1. The molecule has 2 aromatic heterocycles. The number of ether oxygens (including phenoxy) is 1. The molecule has 122 valence electrons. The minimum Gasteiger partial charge on any atom is -0.505 e. The van der Waals surface area contributed by atoms with Gasteiger partial charge in [0.05, 0.1) is 7.11 Å². The quantitative estimate of drug-likeness (QED) is 0.725. The molecule has 0 fully saturated rings. The lowest BCUT2D eigenvalue weighted by molar-refractivity contribution is 0.101. The SMILES string of the molecule is COc1ccccc1-n1nc(C(=O)Nc2nncs2)c(O)cc1=O. The number of amides is 1. The number of nitrogens with zero attached hydrogens (tertiary/aromatic N) is 4. The van der Waals surface area contributed by atoms with E-state index in [1.165, 1.54) is 12.6 Å². The third-order valence-corrected chi connectivity index (χ3v) is 3.63. The Labute approximate surface area is 139 Å². The summed E-state index contributed by atoms with van der Waals surface area (Å²) in [5.74, 6) is -0.852. The van der Waals surface area contributed by atoms with Crippen molar-refractivity contribution in [1.29, 1.82) is 0 Å². The number of hydrogen-bond donors (Lipinski definition) is 2. The van der Waals surface area contributed by atoms with Crippen molar-refractivity contribution in [3.63, 3.8) is 0 Å². The normalized spacial score (nSPS) is 10.4. The molecule has 1 aromatic carbocycles. The van der Waals surface area contributed by atoms with Gasteiger partial charge in [-0.3, -0.25) is 14.9 Å². The molecule has 24 heavy (non-hydrogen) atoms. The fraction of sp³-hybridized carbons (Fsp3) is 0.0714. The van der Waals surface area contributed by atoms with Crippen molar-refractivity contribution in [3.8, 4) is 17.2 Å². The highest BCUT2D eigenvalue weighted by Gasteiger charge is 2.19. The molecule has 0 bridgehead atoms. The molecule has 2 N–H and O–H groups in total. The molecule has 1 amide bonds. The number of aromatic nitrogens is 4. The van der Waals surface area contributed by atoms with Crippen molar-refractivity contribution in [1.82, 2.24) is 20.0 Å². The molecule has 3 aromatic rings. The van der Waals surface area contributed by atoms with Gasteiger partial charge in [-0.2, -0.15) is 9.78 Å². The van der Waals surface area contributed by atoms with Crippen LogP contribution in [0, 0.1) is 0 Å². The Bertz CT molecular complexity index is 939. The highest BCUT2D eigenvalue weighted by molar-refractivity contribution is 7.13. The molecule has 10 heteroatoms. The van der Waals surface area contributed by atoms with Gasteiger partial charge >= 0.3 is 0 Å². The molecule has 0 aliphatic rings. The van der Waals surface area contributed by atoms with E-state index in [9.17, 15) is 14.7 Å². The minimum absolute atomic E-state index is 0.247. The van der Waals surface area contributed by atoms with Crippen molar-refractivity contribution in [2.24, 2.45) is 0 Å². The van der Waals surface area contributed by atoms with Gasteiger partial charge in [-0.05, 0) is 12.1 Å². The summed E-state index contributed by atoms with van der Waals surface area (Å²) in [6.45, 7) is 0. The molecule has 0 atom stereocenters. The smallest absolute Gasteiger partial charge is 0.281 e. The molecule has 0 unspecified atom stereocenters. The summed E-state index contributed by atoms with van der Waals surface area (Å²) in [4.78, 5) is 24.4. The molecule has 0 radical (unpaired) electrons. The largest absolute Gasteiger partial charge is 0.505 e. The number of rotatable bonds is 4. The second-order valence-corrected chi connectivity index (χ2v) is 5.33. The Morgan fingerprint density at radius 3 is 2.88 bits per heavy atom. The molecule has 0 saturated heterocycles. The van der Waals surface area contributed by atoms with E-state index in [-0.39, 0.29) is 10.8 Å². The van der Waals surface area contributed by atoms with Crippen LogP contribution >= 0.6 is 11.3 Å². The first kappa shape index (κ1) is 15.6. The van der Waals surface area contributed by atoms with E-state index in [4.69, 9.17) is 4.74 Å². The zero-order valence-corrected chi connectivity index (χ0v) is 13.1. The lowest BCUT2D eigenvalue weighted by Gasteiger charge is -2.11. The highest BCUT2D eigenvalue weighted by Crippen LogP contribution is 2.21. The Morgan fingerprint density at radius 2 is 2.17 bits per heavy atom. The van der Waals surface area contributed by atoms with Crippen molar-refractivity contribution in [3.05, 3.63) is 51.9 Å². The van der Waals surface area contributed by atoms with Crippen LogP contribution in [-0.4, -0.2) is 38.1 Å². The third kappa shape index (κ3) is 2.94. The van der Waals surface area contributed by atoms with Gasteiger partial charge in [0.25, 0.3) is 11.5 Å². The second-order valence-electron chi connectivity index (χ2n) is 4.50. The van der Waals surface area contributed by atoms with Gasteiger partial charge in [-0.25, -0.2) is 0 Å². The van der Waals surface area contributed by atoms with E-state index >= 15 is 0 Å². The van der Waals surface area contributed by atoms with Crippen molar-refractivity contribution in [2.75, 3.05) is 12.4 Å². The Morgan fingerprint density at radius 1 is 1.38 bits per heavy atom.